The number of hydrogen-bond donors (Lipinski definition) is 1. The van der Waals surface area contributed by atoms with Crippen molar-refractivity contribution >= 4 is 5.97 Å². The predicted octanol–water partition coefficient (Wildman–Crippen LogP) is 3.55. The number of allylic oxidation sites excluding steroid dienone is 1. The predicted molar refractivity (Wildman–Crippen MR) is 91.9 cm³/mol. The standard InChI is InChI=1S/C19H27NO3/c1-4-6-16-7-5-8-20(11-16)12-17-9-14(2)19(15(3)10-17)23-13-18(21)22/h4,9-10,16H,1,5-8,11-13H2,2-3H3,(H,21,22). The number of ether oxygens (including phenoxy) is 1. The Balaban J connectivity index is 2.03. The summed E-state index contributed by atoms with van der Waals surface area (Å²) in [7, 11) is 0. The molecule has 1 unspecified atom stereocenters. The molecule has 1 atom stereocenters. The molecule has 0 saturated carbocycles. The van der Waals surface area contributed by atoms with Crippen LogP contribution in [0.2, 0.25) is 0 Å². The second-order valence-corrected chi connectivity index (χ2v) is 6.51. The molecule has 1 aliphatic rings. The Hall–Kier alpha value is -1.81. The van der Waals surface area contributed by atoms with Crippen LogP contribution in [0.4, 0.5) is 0 Å². The number of hydrogen-bond acceptors (Lipinski definition) is 3. The van der Waals surface area contributed by atoms with E-state index in [1.807, 2.05) is 19.9 Å². The fraction of sp³-hybridized carbons (Fsp3) is 0.526. The van der Waals surface area contributed by atoms with Gasteiger partial charge in [0.1, 0.15) is 5.75 Å². The molecule has 0 amide bonds. The van der Waals surface area contributed by atoms with Gasteiger partial charge in [-0.05, 0) is 62.3 Å². The molecule has 4 heteroatoms. The number of aryl methyl sites for hydroxylation is 2. The van der Waals surface area contributed by atoms with Crippen LogP contribution < -0.4 is 4.74 Å². The van der Waals surface area contributed by atoms with E-state index in [1.54, 1.807) is 0 Å². The maximum atomic E-state index is 10.7. The molecule has 126 valence electrons. The Labute approximate surface area is 138 Å². The van der Waals surface area contributed by atoms with Crippen LogP contribution in [-0.2, 0) is 11.3 Å². The summed E-state index contributed by atoms with van der Waals surface area (Å²) in [6, 6.07) is 4.22. The topological polar surface area (TPSA) is 49.8 Å². The van der Waals surface area contributed by atoms with Crippen LogP contribution in [0.5, 0.6) is 5.75 Å². The lowest BCUT2D eigenvalue weighted by Crippen LogP contribution is -2.34. The molecule has 0 aliphatic carbocycles. The summed E-state index contributed by atoms with van der Waals surface area (Å²) in [4.78, 5) is 13.2. The Bertz CT molecular complexity index is 545. The van der Waals surface area contributed by atoms with Crippen molar-refractivity contribution in [3.8, 4) is 5.75 Å². The van der Waals surface area contributed by atoms with Crippen molar-refractivity contribution in [2.75, 3.05) is 19.7 Å². The number of rotatable bonds is 7. The molecule has 1 saturated heterocycles. The van der Waals surface area contributed by atoms with Gasteiger partial charge < -0.3 is 9.84 Å². The molecule has 0 spiro atoms. The van der Waals surface area contributed by atoms with Crippen molar-refractivity contribution in [2.24, 2.45) is 5.92 Å². The fourth-order valence-electron chi connectivity index (χ4n) is 3.47. The van der Waals surface area contributed by atoms with Gasteiger partial charge in [0.25, 0.3) is 0 Å². The molecule has 23 heavy (non-hydrogen) atoms. The van der Waals surface area contributed by atoms with Gasteiger partial charge in [0, 0.05) is 13.1 Å². The molecule has 1 aromatic carbocycles. The number of carboxylic acids is 1. The summed E-state index contributed by atoms with van der Waals surface area (Å²) in [5.74, 6) is 0.468. The third-order valence-corrected chi connectivity index (χ3v) is 4.37. The van der Waals surface area contributed by atoms with Crippen LogP contribution in [0.1, 0.15) is 36.0 Å². The quantitative estimate of drug-likeness (QED) is 0.781. The monoisotopic (exact) mass is 317 g/mol. The molecule has 0 bridgehead atoms. The van der Waals surface area contributed by atoms with E-state index < -0.39 is 5.97 Å². The molecular weight excluding hydrogens is 290 g/mol. The highest BCUT2D eigenvalue weighted by Crippen LogP contribution is 2.27. The third kappa shape index (κ3) is 5.10. The highest BCUT2D eigenvalue weighted by molar-refractivity contribution is 5.68. The largest absolute Gasteiger partial charge is 0.481 e. The fourth-order valence-corrected chi connectivity index (χ4v) is 3.47. The summed E-state index contributed by atoms with van der Waals surface area (Å²) in [6.45, 7) is 10.7. The van der Waals surface area contributed by atoms with Crippen LogP contribution in [0, 0.1) is 19.8 Å². The second kappa shape index (κ2) is 8.16. The van der Waals surface area contributed by atoms with Gasteiger partial charge in [-0.3, -0.25) is 4.90 Å². The minimum Gasteiger partial charge on any atom is -0.481 e. The van der Waals surface area contributed by atoms with E-state index in [1.165, 1.54) is 18.4 Å². The van der Waals surface area contributed by atoms with Gasteiger partial charge >= 0.3 is 5.97 Å². The number of carboxylic acid groups (broad SMARTS) is 1. The average molecular weight is 317 g/mol. The molecule has 2 rings (SSSR count). The van der Waals surface area contributed by atoms with Gasteiger partial charge in [-0.1, -0.05) is 18.2 Å². The van der Waals surface area contributed by atoms with Gasteiger partial charge in [-0.25, -0.2) is 4.79 Å². The molecule has 1 N–H and O–H groups in total. The third-order valence-electron chi connectivity index (χ3n) is 4.37. The van der Waals surface area contributed by atoms with Gasteiger partial charge in [-0.15, -0.1) is 6.58 Å². The van der Waals surface area contributed by atoms with E-state index in [4.69, 9.17) is 9.84 Å². The van der Waals surface area contributed by atoms with Crippen LogP contribution in [0.15, 0.2) is 24.8 Å². The molecule has 1 fully saturated rings. The first-order valence-corrected chi connectivity index (χ1v) is 8.27. The van der Waals surface area contributed by atoms with Crippen molar-refractivity contribution < 1.29 is 14.6 Å². The number of benzene rings is 1. The average Bonchev–Trinajstić information content (AvgIpc) is 2.46. The molecule has 4 nitrogen and oxygen atoms in total. The first-order chi connectivity index (χ1) is 11.0. The van der Waals surface area contributed by atoms with Crippen LogP contribution in [0.3, 0.4) is 0 Å². The number of nitrogens with zero attached hydrogens (tertiary/aromatic N) is 1. The lowest BCUT2D eigenvalue weighted by atomic mass is 9.94. The van der Waals surface area contributed by atoms with Crippen LogP contribution in [-0.4, -0.2) is 35.7 Å². The van der Waals surface area contributed by atoms with Crippen LogP contribution >= 0.6 is 0 Å². The molecule has 1 heterocycles. The van der Waals surface area contributed by atoms with E-state index in [9.17, 15) is 4.79 Å². The van der Waals surface area contributed by atoms with E-state index in [0.717, 1.165) is 43.1 Å². The van der Waals surface area contributed by atoms with Gasteiger partial charge in [-0.2, -0.15) is 0 Å². The Morgan fingerprint density at radius 1 is 1.43 bits per heavy atom. The summed E-state index contributed by atoms with van der Waals surface area (Å²) in [6.07, 6.45) is 5.66. The van der Waals surface area contributed by atoms with E-state index in [-0.39, 0.29) is 6.61 Å². The van der Waals surface area contributed by atoms with E-state index in [2.05, 4.69) is 23.6 Å². The SMILES string of the molecule is C=CCC1CCCN(Cc2cc(C)c(OCC(=O)O)c(C)c2)C1. The smallest absolute Gasteiger partial charge is 0.341 e. The van der Waals surface area contributed by atoms with E-state index in [0.29, 0.717) is 5.75 Å². The second-order valence-electron chi connectivity index (χ2n) is 6.51. The van der Waals surface area contributed by atoms with Crippen LogP contribution in [0.25, 0.3) is 0 Å². The van der Waals surface area contributed by atoms with Crippen molar-refractivity contribution in [1.82, 2.24) is 4.90 Å². The summed E-state index contributed by atoms with van der Waals surface area (Å²) >= 11 is 0. The normalized spacial score (nSPS) is 18.6. The van der Waals surface area contributed by atoms with Gasteiger partial charge in [0.2, 0.25) is 0 Å². The highest BCUT2D eigenvalue weighted by atomic mass is 16.5. The number of piperidine rings is 1. The minimum atomic E-state index is -0.950. The minimum absolute atomic E-state index is 0.295. The van der Waals surface area contributed by atoms with Crippen molar-refractivity contribution in [2.45, 2.75) is 39.7 Å². The van der Waals surface area contributed by atoms with Gasteiger partial charge in [0.15, 0.2) is 6.61 Å². The molecule has 1 aromatic rings. The zero-order valence-corrected chi connectivity index (χ0v) is 14.2. The lowest BCUT2D eigenvalue weighted by Gasteiger charge is -2.32. The Morgan fingerprint density at radius 3 is 2.74 bits per heavy atom. The molecule has 0 aromatic heterocycles. The molecular formula is C19H27NO3. The zero-order valence-electron chi connectivity index (χ0n) is 14.2. The molecule has 0 radical (unpaired) electrons. The molecule has 1 aliphatic heterocycles. The Kier molecular flexibility index (Phi) is 6.22. The highest BCUT2D eigenvalue weighted by Gasteiger charge is 2.19. The zero-order chi connectivity index (χ0) is 16.8. The lowest BCUT2D eigenvalue weighted by molar-refractivity contribution is -0.139. The first kappa shape index (κ1) is 17.5. The van der Waals surface area contributed by atoms with E-state index >= 15 is 0 Å². The maximum Gasteiger partial charge on any atom is 0.341 e. The summed E-state index contributed by atoms with van der Waals surface area (Å²) in [5, 5.41) is 8.76. The van der Waals surface area contributed by atoms with Crippen molar-refractivity contribution in [3.63, 3.8) is 0 Å². The number of aliphatic carboxylic acids is 1. The Morgan fingerprint density at radius 2 is 2.13 bits per heavy atom. The number of likely N-dealkylation sites (tertiary alicyclic amines) is 1. The first-order valence-electron chi connectivity index (χ1n) is 8.27. The van der Waals surface area contributed by atoms with Crippen molar-refractivity contribution in [1.29, 1.82) is 0 Å². The van der Waals surface area contributed by atoms with Gasteiger partial charge in [0.05, 0.1) is 0 Å². The summed E-state index contributed by atoms with van der Waals surface area (Å²) in [5.41, 5.74) is 3.27. The maximum absolute atomic E-state index is 10.7. The number of carbonyl (C=O) groups is 1. The summed E-state index contributed by atoms with van der Waals surface area (Å²) < 4.78 is 5.40. The van der Waals surface area contributed by atoms with Crippen molar-refractivity contribution in [3.05, 3.63) is 41.5 Å².